The van der Waals surface area contributed by atoms with Crippen molar-refractivity contribution in [3.8, 4) is 0 Å². The van der Waals surface area contributed by atoms with E-state index in [0.29, 0.717) is 12.8 Å². The highest BCUT2D eigenvalue weighted by Gasteiger charge is 2.41. The van der Waals surface area contributed by atoms with E-state index in [1.165, 1.54) is 32.8 Å². The maximum absolute atomic E-state index is 10.8. The summed E-state index contributed by atoms with van der Waals surface area (Å²) in [5, 5.41) is 17.6. The van der Waals surface area contributed by atoms with Gasteiger partial charge in [0.05, 0.1) is 36.3 Å². The molecule has 0 radical (unpaired) electrons. The molecule has 4 aliphatic rings. The van der Waals surface area contributed by atoms with Gasteiger partial charge in [-0.25, -0.2) is 4.79 Å². The van der Waals surface area contributed by atoms with E-state index < -0.39 is 21.7 Å². The molecule has 0 aromatic carbocycles. The maximum Gasteiger partial charge on any atom is 0.335 e. The third-order valence-electron chi connectivity index (χ3n) is 9.28. The van der Waals surface area contributed by atoms with E-state index in [1.807, 2.05) is 0 Å². The largest absolute Gasteiger partial charge is 0.479 e. The van der Waals surface area contributed by atoms with Crippen LogP contribution in [0.25, 0.3) is 0 Å². The lowest BCUT2D eigenvalue weighted by molar-refractivity contribution is -0.161. The summed E-state index contributed by atoms with van der Waals surface area (Å²) in [6.45, 7) is 1.12. The predicted octanol–water partition coefficient (Wildman–Crippen LogP) is 3.30. The van der Waals surface area contributed by atoms with Gasteiger partial charge in [0.2, 0.25) is 0 Å². The first-order chi connectivity index (χ1) is 19.8. The van der Waals surface area contributed by atoms with E-state index in [1.54, 1.807) is 21.3 Å². The van der Waals surface area contributed by atoms with E-state index in [-0.39, 0.29) is 30.0 Å². The minimum absolute atomic E-state index is 0.0503. The molecule has 0 aliphatic heterocycles. The number of hydrogen-bond acceptors (Lipinski definition) is 11. The first-order valence-electron chi connectivity index (χ1n) is 15.2. The molecule has 13 heteroatoms. The molecule has 4 rings (SSSR count). The maximum atomic E-state index is 10.8. The minimum Gasteiger partial charge on any atom is -0.479 e. The van der Waals surface area contributed by atoms with Crippen LogP contribution in [-0.4, -0.2) is 101 Å². The van der Waals surface area contributed by atoms with Gasteiger partial charge in [0.15, 0.2) is 5.60 Å². The molecule has 4 aliphatic carbocycles. The molecule has 0 spiro atoms. The zero-order chi connectivity index (χ0) is 31.8. The second-order valence-electron chi connectivity index (χ2n) is 12.0. The number of hydrogen-bond donors (Lipinski definition) is 4. The van der Waals surface area contributed by atoms with Crippen LogP contribution in [0.3, 0.4) is 0 Å². The second kappa shape index (κ2) is 18.8. The third-order valence-corrected chi connectivity index (χ3v) is 9.83. The molecular weight excluding hydrogens is 568 g/mol. The van der Waals surface area contributed by atoms with Crippen LogP contribution in [0.1, 0.15) is 103 Å². The van der Waals surface area contributed by atoms with Crippen molar-refractivity contribution in [1.29, 1.82) is 0 Å². The van der Waals surface area contributed by atoms with Crippen LogP contribution in [0.4, 0.5) is 0 Å². The molecule has 0 atom stereocenters. The van der Waals surface area contributed by atoms with Crippen LogP contribution < -0.4 is 11.3 Å². The van der Waals surface area contributed by atoms with Crippen LogP contribution in [0, 0.1) is 0 Å². The van der Waals surface area contributed by atoms with Crippen molar-refractivity contribution in [1.82, 2.24) is 5.43 Å². The molecule has 4 saturated carbocycles. The number of rotatable bonds is 11. The van der Waals surface area contributed by atoms with Gasteiger partial charge in [-0.2, -0.15) is 8.42 Å². The van der Waals surface area contributed by atoms with Gasteiger partial charge in [0.1, 0.15) is 0 Å². The van der Waals surface area contributed by atoms with E-state index in [9.17, 15) is 13.2 Å². The van der Waals surface area contributed by atoms with Gasteiger partial charge in [-0.1, -0.05) is 38.5 Å². The molecule has 5 N–H and O–H groups in total. The summed E-state index contributed by atoms with van der Waals surface area (Å²) in [4.78, 5) is 10.6. The summed E-state index contributed by atoms with van der Waals surface area (Å²) >= 11 is 0. The van der Waals surface area contributed by atoms with Gasteiger partial charge in [-0.05, 0) is 64.2 Å². The lowest BCUT2D eigenvalue weighted by atomic mass is 10.0. The SMILES string of the molecule is COC1(C(=O)O)CCCC1.COC1(CNN)CCCC1.COC1(CO)CCCC1.COC1(COS(C)(=O)=O)CCCC1. The van der Waals surface area contributed by atoms with Gasteiger partial charge >= 0.3 is 5.97 Å². The quantitative estimate of drug-likeness (QED) is 0.150. The van der Waals surface area contributed by atoms with Crippen molar-refractivity contribution in [3.05, 3.63) is 0 Å². The van der Waals surface area contributed by atoms with Crippen LogP contribution in [0.15, 0.2) is 0 Å². The summed E-state index contributed by atoms with van der Waals surface area (Å²) in [7, 11) is 3.19. The number of aliphatic hydroxyl groups excluding tert-OH is 1. The Hall–Kier alpha value is -0.900. The molecule has 250 valence electrons. The third kappa shape index (κ3) is 12.6. The molecule has 0 aromatic heterocycles. The molecule has 0 bridgehead atoms. The molecule has 0 aromatic rings. The Kier molecular flexibility index (Phi) is 17.5. The zero-order valence-electron chi connectivity index (χ0n) is 26.6. The van der Waals surface area contributed by atoms with Gasteiger partial charge < -0.3 is 29.2 Å². The molecular formula is C29H58N2O10S. The number of carboxylic acid groups (broad SMARTS) is 1. The zero-order valence-corrected chi connectivity index (χ0v) is 27.4. The molecule has 0 heterocycles. The Morgan fingerprint density at radius 3 is 1.36 bits per heavy atom. The Morgan fingerprint density at radius 1 is 0.714 bits per heavy atom. The number of nitrogens with two attached hydrogens (primary N) is 1. The Labute approximate surface area is 253 Å². The number of ether oxygens (including phenoxy) is 4. The summed E-state index contributed by atoms with van der Waals surface area (Å²) in [5.74, 6) is 4.43. The molecule has 0 saturated heterocycles. The first-order valence-corrected chi connectivity index (χ1v) is 17.0. The van der Waals surface area contributed by atoms with E-state index in [2.05, 4.69) is 5.43 Å². The van der Waals surface area contributed by atoms with Crippen molar-refractivity contribution in [2.75, 3.05) is 54.5 Å². The molecule has 42 heavy (non-hydrogen) atoms. The standard InChI is InChI=1S/C8H16O4S.C7H16N2O.C7H12O3.C7H14O2/c1-11-8(5-3-4-6-8)7-12-13(2,9)10;1-10-7(6-9-8)4-2-3-5-7;1-10-7(6(8)9)4-2-3-5-7;1-9-7(6-8)4-2-3-5-7/h3-7H2,1-2H3;9H,2-6,8H2,1H3;2-5H2,1H3,(H,8,9);8H,2-6H2,1H3. The number of carbonyl (C=O) groups is 1. The van der Waals surface area contributed by atoms with Crippen molar-refractivity contribution >= 4 is 16.1 Å². The normalized spacial score (nSPS) is 23.1. The fourth-order valence-electron chi connectivity index (χ4n) is 6.20. The molecule has 0 amide bonds. The summed E-state index contributed by atoms with van der Waals surface area (Å²) in [6, 6.07) is 0. The fourth-order valence-corrected chi connectivity index (χ4v) is 6.63. The van der Waals surface area contributed by atoms with Crippen LogP contribution in [-0.2, 0) is 38.0 Å². The van der Waals surface area contributed by atoms with Gasteiger partial charge in [0.25, 0.3) is 10.1 Å². The van der Waals surface area contributed by atoms with E-state index in [4.69, 9.17) is 39.2 Å². The lowest BCUT2D eigenvalue weighted by Crippen LogP contribution is -2.42. The Bertz CT molecular complexity index is 840. The molecule has 12 nitrogen and oxygen atoms in total. The Balaban J connectivity index is 0.000000283. The average Bonchev–Trinajstić information content (AvgIpc) is 3.81. The highest BCUT2D eigenvalue weighted by Crippen LogP contribution is 2.34. The first kappa shape index (κ1) is 39.1. The fraction of sp³-hybridized carbons (Fsp3) is 0.966. The number of carboxylic acids is 1. The number of aliphatic hydroxyl groups is 1. The van der Waals surface area contributed by atoms with Crippen LogP contribution in [0.5, 0.6) is 0 Å². The predicted molar refractivity (Wildman–Crippen MR) is 161 cm³/mol. The van der Waals surface area contributed by atoms with Gasteiger partial charge in [-0.3, -0.25) is 15.5 Å². The highest BCUT2D eigenvalue weighted by molar-refractivity contribution is 7.85. The van der Waals surface area contributed by atoms with E-state index >= 15 is 0 Å². The smallest absolute Gasteiger partial charge is 0.335 e. The minimum atomic E-state index is -3.34. The van der Waals surface area contributed by atoms with Crippen molar-refractivity contribution in [3.63, 3.8) is 0 Å². The van der Waals surface area contributed by atoms with Crippen molar-refractivity contribution in [2.24, 2.45) is 5.84 Å². The highest BCUT2D eigenvalue weighted by atomic mass is 32.2. The topological polar surface area (TPSA) is 176 Å². The average molecular weight is 627 g/mol. The van der Waals surface area contributed by atoms with E-state index in [0.717, 1.165) is 77.0 Å². The lowest BCUT2D eigenvalue weighted by Gasteiger charge is -2.26. The van der Waals surface area contributed by atoms with Gasteiger partial charge in [0, 0.05) is 35.0 Å². The van der Waals surface area contributed by atoms with Gasteiger partial charge in [-0.15, -0.1) is 0 Å². The number of hydrazine groups is 1. The van der Waals surface area contributed by atoms with Crippen LogP contribution in [0.2, 0.25) is 0 Å². The number of aliphatic carboxylic acids is 1. The Morgan fingerprint density at radius 2 is 1.10 bits per heavy atom. The summed E-state index contributed by atoms with van der Waals surface area (Å²) < 4.78 is 47.2. The monoisotopic (exact) mass is 626 g/mol. The molecule has 0 unspecified atom stereocenters. The van der Waals surface area contributed by atoms with Crippen LogP contribution >= 0.6 is 0 Å². The summed E-state index contributed by atoms with van der Waals surface area (Å²) in [6.07, 6.45) is 17.6. The van der Waals surface area contributed by atoms with Crippen molar-refractivity contribution in [2.45, 2.75) is 125 Å². The number of methoxy groups -OCH3 is 4. The number of nitrogens with one attached hydrogen (secondary N) is 1. The van der Waals surface area contributed by atoms with Crippen molar-refractivity contribution < 1.29 is 46.6 Å². The summed E-state index contributed by atoms with van der Waals surface area (Å²) in [5.41, 5.74) is 1.35. The second-order valence-corrected chi connectivity index (χ2v) is 13.6. The molecule has 4 fully saturated rings.